The summed E-state index contributed by atoms with van der Waals surface area (Å²) in [6.07, 6.45) is 2.45. The Morgan fingerprint density at radius 1 is 1.80 bits per heavy atom. The maximum absolute atomic E-state index is 10.3. The highest BCUT2D eigenvalue weighted by Gasteiger charge is 2.13. The van der Waals surface area contributed by atoms with Crippen molar-refractivity contribution in [2.24, 2.45) is 5.73 Å². The molecule has 1 atom stereocenters. The highest BCUT2D eigenvalue weighted by molar-refractivity contribution is 5.76. The molecule has 0 amide bonds. The third-order valence-electron chi connectivity index (χ3n) is 1.44. The van der Waals surface area contributed by atoms with Crippen molar-refractivity contribution < 1.29 is 9.90 Å². The van der Waals surface area contributed by atoms with Gasteiger partial charge in [0.25, 0.3) is 0 Å². The second kappa shape index (κ2) is 4.06. The Morgan fingerprint density at radius 3 is 2.40 bits per heavy atom. The van der Waals surface area contributed by atoms with Gasteiger partial charge in [0, 0.05) is 0 Å². The van der Waals surface area contributed by atoms with Crippen LogP contribution in [-0.2, 0) is 4.79 Å². The molecule has 0 unspecified atom stereocenters. The van der Waals surface area contributed by atoms with Crippen LogP contribution >= 0.6 is 0 Å². The van der Waals surface area contributed by atoms with Gasteiger partial charge < -0.3 is 10.8 Å². The van der Waals surface area contributed by atoms with E-state index in [-0.39, 0.29) is 0 Å². The van der Waals surface area contributed by atoms with Gasteiger partial charge in [-0.2, -0.15) is 0 Å². The molecule has 0 saturated carbocycles. The topological polar surface area (TPSA) is 63.3 Å². The van der Waals surface area contributed by atoms with E-state index in [2.05, 4.69) is 0 Å². The van der Waals surface area contributed by atoms with Crippen LogP contribution in [0, 0.1) is 0 Å². The Balaban J connectivity index is 4.17. The predicted molar refractivity (Wildman–Crippen MR) is 39.7 cm³/mol. The van der Waals surface area contributed by atoms with E-state index in [0.717, 1.165) is 5.57 Å². The molecule has 0 aromatic rings. The molecule has 3 nitrogen and oxygen atoms in total. The summed E-state index contributed by atoms with van der Waals surface area (Å²) in [4.78, 5) is 10.3. The van der Waals surface area contributed by atoms with Gasteiger partial charge in [-0.25, -0.2) is 0 Å². The molecule has 10 heavy (non-hydrogen) atoms. The van der Waals surface area contributed by atoms with E-state index in [0.29, 0.717) is 6.42 Å². The Morgan fingerprint density at radius 2 is 2.30 bits per heavy atom. The minimum absolute atomic E-state index is 0.698. The summed E-state index contributed by atoms with van der Waals surface area (Å²) in [5.41, 5.74) is 6.08. The number of carboxylic acid groups (broad SMARTS) is 1. The molecule has 3 heteroatoms. The van der Waals surface area contributed by atoms with Crippen LogP contribution in [-0.4, -0.2) is 17.1 Å². The number of carbonyl (C=O) groups is 1. The fraction of sp³-hybridized carbons (Fsp3) is 0.571. The number of hydrogen-bond donors (Lipinski definition) is 2. The smallest absolute Gasteiger partial charge is 0.324 e. The van der Waals surface area contributed by atoms with Gasteiger partial charge in [-0.15, -0.1) is 0 Å². The average Bonchev–Trinajstić information content (AvgIpc) is 1.90. The lowest BCUT2D eigenvalue weighted by molar-refractivity contribution is -0.137. The summed E-state index contributed by atoms with van der Waals surface area (Å²) in [6.45, 7) is 3.68. The summed E-state index contributed by atoms with van der Waals surface area (Å²) in [5.74, 6) is -0.963. The summed E-state index contributed by atoms with van der Waals surface area (Å²) >= 11 is 0. The Bertz CT molecular complexity index is 152. The zero-order valence-electron chi connectivity index (χ0n) is 6.29. The van der Waals surface area contributed by atoms with Crippen molar-refractivity contribution in [3.63, 3.8) is 0 Å². The van der Waals surface area contributed by atoms with Crippen molar-refractivity contribution in [1.82, 2.24) is 0 Å². The SMILES string of the molecule is C/C=C(/CC)[C@@H](N)C(=O)O. The maximum Gasteiger partial charge on any atom is 0.324 e. The van der Waals surface area contributed by atoms with Gasteiger partial charge >= 0.3 is 5.97 Å². The van der Waals surface area contributed by atoms with Crippen molar-refractivity contribution >= 4 is 5.97 Å². The zero-order valence-corrected chi connectivity index (χ0v) is 6.29. The van der Waals surface area contributed by atoms with E-state index < -0.39 is 12.0 Å². The van der Waals surface area contributed by atoms with Crippen molar-refractivity contribution in [3.05, 3.63) is 11.6 Å². The highest BCUT2D eigenvalue weighted by Crippen LogP contribution is 2.04. The highest BCUT2D eigenvalue weighted by atomic mass is 16.4. The van der Waals surface area contributed by atoms with Gasteiger partial charge in [-0.1, -0.05) is 13.0 Å². The number of allylic oxidation sites excluding steroid dienone is 1. The van der Waals surface area contributed by atoms with E-state index >= 15 is 0 Å². The van der Waals surface area contributed by atoms with Crippen LogP contribution in [0.4, 0.5) is 0 Å². The van der Waals surface area contributed by atoms with Gasteiger partial charge in [0.05, 0.1) is 0 Å². The molecule has 0 saturated heterocycles. The minimum Gasteiger partial charge on any atom is -0.480 e. The largest absolute Gasteiger partial charge is 0.480 e. The van der Waals surface area contributed by atoms with Crippen LogP contribution in [0.3, 0.4) is 0 Å². The molecular formula is C7H13NO2. The molecule has 0 aromatic heterocycles. The van der Waals surface area contributed by atoms with Crippen molar-refractivity contribution in [2.45, 2.75) is 26.3 Å². The lowest BCUT2D eigenvalue weighted by Gasteiger charge is -2.07. The molecule has 0 aliphatic heterocycles. The van der Waals surface area contributed by atoms with E-state index in [4.69, 9.17) is 10.8 Å². The summed E-state index contributed by atoms with van der Waals surface area (Å²) in [5, 5.41) is 8.45. The quantitative estimate of drug-likeness (QED) is 0.573. The molecule has 0 aromatic carbocycles. The standard InChI is InChI=1S/C7H13NO2/c1-3-5(4-2)6(8)7(9)10/h3,6H,4,8H2,1-2H3,(H,9,10)/b5-3-/t6-/m1/s1. The van der Waals surface area contributed by atoms with E-state index in [1.54, 1.807) is 13.0 Å². The third-order valence-corrected chi connectivity index (χ3v) is 1.44. The average molecular weight is 143 g/mol. The first-order valence-electron chi connectivity index (χ1n) is 3.27. The molecule has 0 radical (unpaired) electrons. The van der Waals surface area contributed by atoms with Gasteiger partial charge in [0.1, 0.15) is 6.04 Å². The van der Waals surface area contributed by atoms with Gasteiger partial charge in [0.2, 0.25) is 0 Å². The van der Waals surface area contributed by atoms with E-state index in [1.165, 1.54) is 0 Å². The van der Waals surface area contributed by atoms with Crippen LogP contribution in [0.1, 0.15) is 20.3 Å². The number of rotatable bonds is 3. The molecule has 0 bridgehead atoms. The zero-order chi connectivity index (χ0) is 8.15. The molecule has 0 aliphatic rings. The van der Waals surface area contributed by atoms with Crippen LogP contribution in [0.2, 0.25) is 0 Å². The Hall–Kier alpha value is -0.830. The lowest BCUT2D eigenvalue weighted by atomic mass is 10.1. The number of aliphatic carboxylic acids is 1. The number of hydrogen-bond acceptors (Lipinski definition) is 2. The molecule has 58 valence electrons. The monoisotopic (exact) mass is 143 g/mol. The maximum atomic E-state index is 10.3. The third kappa shape index (κ3) is 2.19. The van der Waals surface area contributed by atoms with Crippen molar-refractivity contribution in [1.29, 1.82) is 0 Å². The second-order valence-corrected chi connectivity index (χ2v) is 2.03. The summed E-state index contributed by atoms with van der Waals surface area (Å²) in [6, 6.07) is -0.824. The second-order valence-electron chi connectivity index (χ2n) is 2.03. The minimum atomic E-state index is -0.963. The number of carboxylic acids is 1. The Kier molecular flexibility index (Phi) is 3.72. The first-order valence-corrected chi connectivity index (χ1v) is 3.27. The normalized spacial score (nSPS) is 14.9. The van der Waals surface area contributed by atoms with E-state index in [1.807, 2.05) is 6.92 Å². The van der Waals surface area contributed by atoms with Gasteiger partial charge in [0.15, 0.2) is 0 Å². The molecule has 0 aliphatic carbocycles. The molecule has 3 N–H and O–H groups in total. The van der Waals surface area contributed by atoms with E-state index in [9.17, 15) is 4.79 Å². The Labute approximate surface area is 60.5 Å². The fourth-order valence-corrected chi connectivity index (χ4v) is 0.762. The first-order chi connectivity index (χ1) is 4.63. The number of nitrogens with two attached hydrogens (primary N) is 1. The van der Waals surface area contributed by atoms with Crippen LogP contribution in [0.15, 0.2) is 11.6 Å². The predicted octanol–water partition coefficient (Wildman–Crippen LogP) is 0.755. The summed E-state index contributed by atoms with van der Waals surface area (Å²) in [7, 11) is 0. The summed E-state index contributed by atoms with van der Waals surface area (Å²) < 4.78 is 0. The van der Waals surface area contributed by atoms with Crippen LogP contribution in [0.25, 0.3) is 0 Å². The van der Waals surface area contributed by atoms with Gasteiger partial charge in [-0.05, 0) is 18.9 Å². The molecule has 0 fully saturated rings. The first kappa shape index (κ1) is 9.17. The molecular weight excluding hydrogens is 130 g/mol. The van der Waals surface area contributed by atoms with Crippen LogP contribution < -0.4 is 5.73 Å². The molecule has 0 heterocycles. The fourth-order valence-electron chi connectivity index (χ4n) is 0.762. The molecule has 0 spiro atoms. The van der Waals surface area contributed by atoms with Crippen molar-refractivity contribution in [3.8, 4) is 0 Å². The van der Waals surface area contributed by atoms with Gasteiger partial charge in [-0.3, -0.25) is 4.79 Å². The lowest BCUT2D eigenvalue weighted by Crippen LogP contribution is -2.31. The van der Waals surface area contributed by atoms with Crippen LogP contribution in [0.5, 0.6) is 0 Å². The van der Waals surface area contributed by atoms with Crippen molar-refractivity contribution in [2.75, 3.05) is 0 Å². The molecule has 0 rings (SSSR count).